The maximum Gasteiger partial charge on any atom is 0.330 e. The van der Waals surface area contributed by atoms with E-state index in [2.05, 4.69) is 20.9 Å². The van der Waals surface area contributed by atoms with Crippen LogP contribution in [-0.2, 0) is 19.8 Å². The molecule has 10 heteroatoms. The largest absolute Gasteiger partial charge is 0.497 e. The van der Waals surface area contributed by atoms with Gasteiger partial charge in [-0.15, -0.1) is 0 Å². The summed E-state index contributed by atoms with van der Waals surface area (Å²) in [5.41, 5.74) is 0.917. The number of hydrogen-bond donors (Lipinski definition) is 1. The van der Waals surface area contributed by atoms with Gasteiger partial charge >= 0.3 is 5.69 Å². The molecular weight excluding hydrogens is 616 g/mol. The van der Waals surface area contributed by atoms with E-state index in [1.807, 2.05) is 78.9 Å². The van der Waals surface area contributed by atoms with Crippen molar-refractivity contribution in [1.29, 1.82) is 0 Å². The summed E-state index contributed by atoms with van der Waals surface area (Å²) in [6, 6.07) is 25.5. The number of halogens is 1. The van der Waals surface area contributed by atoms with Crippen LogP contribution in [0.2, 0.25) is 0 Å². The van der Waals surface area contributed by atoms with Crippen molar-refractivity contribution in [3.63, 3.8) is 0 Å². The number of benzene rings is 3. The van der Waals surface area contributed by atoms with Crippen LogP contribution < -0.4 is 20.7 Å². The van der Waals surface area contributed by atoms with Crippen molar-refractivity contribution < 1.29 is 23.7 Å². The van der Waals surface area contributed by atoms with E-state index in [4.69, 9.17) is 23.7 Å². The minimum absolute atomic E-state index is 0.133. The van der Waals surface area contributed by atoms with Crippen molar-refractivity contribution in [2.45, 2.75) is 30.5 Å². The van der Waals surface area contributed by atoms with Crippen LogP contribution in [0.25, 0.3) is 6.08 Å². The smallest absolute Gasteiger partial charge is 0.330 e. The summed E-state index contributed by atoms with van der Waals surface area (Å²) in [5, 5.41) is 0. The van der Waals surface area contributed by atoms with Gasteiger partial charge in [-0.05, 0) is 52.0 Å². The van der Waals surface area contributed by atoms with Crippen molar-refractivity contribution in [1.82, 2.24) is 9.55 Å². The Bertz CT molecular complexity index is 1600. The van der Waals surface area contributed by atoms with E-state index in [9.17, 15) is 9.59 Å². The molecule has 0 spiro atoms. The lowest BCUT2D eigenvalue weighted by Crippen LogP contribution is -2.38. The molecule has 1 N–H and O–H groups in total. The number of rotatable bonds is 11. The molecule has 43 heavy (non-hydrogen) atoms. The predicted octanol–water partition coefficient (Wildman–Crippen LogP) is 5.23. The maximum absolute atomic E-state index is 12.8. The summed E-state index contributed by atoms with van der Waals surface area (Å²) in [6.45, 7) is 0.133. The minimum Gasteiger partial charge on any atom is -0.497 e. The molecule has 4 aromatic rings. The fraction of sp³-hybridized carbons (Fsp3) is 0.273. The highest BCUT2D eigenvalue weighted by Crippen LogP contribution is 2.43. The molecule has 0 bridgehead atoms. The van der Waals surface area contributed by atoms with Crippen LogP contribution in [0.4, 0.5) is 0 Å². The van der Waals surface area contributed by atoms with E-state index in [1.165, 1.54) is 10.8 Å². The average molecular weight is 650 g/mol. The lowest BCUT2D eigenvalue weighted by molar-refractivity contribution is -0.0991. The number of aromatic nitrogens is 2. The predicted molar refractivity (Wildman–Crippen MR) is 167 cm³/mol. The minimum atomic E-state index is -1.04. The standard InChI is InChI=1S/C33H33BrN2O7/c1-39-26-13-9-24(10-14-26)33(23-7-5-4-6-8-23,25-11-15-27(40-2)16-12-25)42-21-29-28(41-3)19-30(43-29)36-20-22(17-18-34)31(37)35-32(36)38/h4-18,20,28-30H,19,21H2,1-3H3,(H,35,37,38)/t28-,29+,30+/m0/s1. The third-order valence-corrected chi connectivity index (χ3v) is 7.93. The summed E-state index contributed by atoms with van der Waals surface area (Å²) in [7, 11) is 4.87. The molecule has 1 aliphatic heterocycles. The first-order chi connectivity index (χ1) is 20.9. The number of ether oxygens (including phenoxy) is 5. The van der Waals surface area contributed by atoms with Gasteiger partial charge < -0.3 is 23.7 Å². The van der Waals surface area contributed by atoms with Gasteiger partial charge in [0.25, 0.3) is 5.56 Å². The molecule has 1 saturated heterocycles. The first-order valence-corrected chi connectivity index (χ1v) is 14.6. The zero-order valence-corrected chi connectivity index (χ0v) is 25.7. The summed E-state index contributed by atoms with van der Waals surface area (Å²) >= 11 is 3.19. The molecule has 1 aliphatic rings. The molecule has 2 heterocycles. The van der Waals surface area contributed by atoms with Crippen molar-refractivity contribution >= 4 is 22.0 Å². The molecule has 3 atom stereocenters. The van der Waals surface area contributed by atoms with Gasteiger partial charge in [-0.1, -0.05) is 70.5 Å². The molecule has 1 fully saturated rings. The van der Waals surface area contributed by atoms with Crippen LogP contribution in [0.5, 0.6) is 11.5 Å². The van der Waals surface area contributed by atoms with Crippen LogP contribution in [0.15, 0.2) is 99.6 Å². The molecule has 0 unspecified atom stereocenters. The number of nitrogens with zero attached hydrogens (tertiary/aromatic N) is 1. The third kappa shape index (κ3) is 6.23. The van der Waals surface area contributed by atoms with Crippen molar-refractivity contribution in [3.05, 3.63) is 133 Å². The van der Waals surface area contributed by atoms with Gasteiger partial charge in [0.05, 0.1) is 32.5 Å². The number of methoxy groups -OCH3 is 3. The molecule has 3 aromatic carbocycles. The SMILES string of the molecule is COc1ccc(C(OC[C@H]2O[C@@H](n3cc(C=CBr)c(=O)[nH]c3=O)C[C@@H]2OC)(c2ccccc2)c2ccc(OC)cc2)cc1. The Morgan fingerprint density at radius 3 is 2.02 bits per heavy atom. The van der Waals surface area contributed by atoms with Crippen LogP contribution in [0.3, 0.4) is 0 Å². The van der Waals surface area contributed by atoms with E-state index in [-0.39, 0.29) is 12.7 Å². The van der Waals surface area contributed by atoms with Gasteiger partial charge in [-0.3, -0.25) is 14.3 Å². The summed E-state index contributed by atoms with van der Waals surface area (Å²) in [4.78, 5) is 28.9. The van der Waals surface area contributed by atoms with E-state index in [0.717, 1.165) is 28.2 Å². The first kappa shape index (κ1) is 30.5. The zero-order chi connectivity index (χ0) is 30.4. The summed E-state index contributed by atoms with van der Waals surface area (Å²) in [6.07, 6.45) is 1.87. The van der Waals surface area contributed by atoms with Gasteiger partial charge in [0.15, 0.2) is 0 Å². The number of aromatic amines is 1. The van der Waals surface area contributed by atoms with Crippen LogP contribution in [0, 0.1) is 0 Å². The molecule has 9 nitrogen and oxygen atoms in total. The van der Waals surface area contributed by atoms with Crippen molar-refractivity contribution in [3.8, 4) is 11.5 Å². The number of H-pyrrole nitrogens is 1. The van der Waals surface area contributed by atoms with Crippen molar-refractivity contribution in [2.75, 3.05) is 27.9 Å². The molecule has 0 radical (unpaired) electrons. The zero-order valence-electron chi connectivity index (χ0n) is 24.1. The van der Waals surface area contributed by atoms with E-state index in [1.54, 1.807) is 32.4 Å². The van der Waals surface area contributed by atoms with Gasteiger partial charge in [0.2, 0.25) is 0 Å². The van der Waals surface area contributed by atoms with Gasteiger partial charge in [-0.2, -0.15) is 0 Å². The van der Waals surface area contributed by atoms with E-state index >= 15 is 0 Å². The highest BCUT2D eigenvalue weighted by molar-refractivity contribution is 9.11. The monoisotopic (exact) mass is 648 g/mol. The topological polar surface area (TPSA) is 101 Å². The first-order valence-electron chi connectivity index (χ1n) is 13.7. The van der Waals surface area contributed by atoms with Crippen molar-refractivity contribution in [2.24, 2.45) is 0 Å². The fourth-order valence-corrected chi connectivity index (χ4v) is 5.74. The Kier molecular flexibility index (Phi) is 9.62. The second-order valence-corrected chi connectivity index (χ2v) is 10.5. The van der Waals surface area contributed by atoms with Crippen LogP contribution >= 0.6 is 15.9 Å². The summed E-state index contributed by atoms with van der Waals surface area (Å²) in [5.74, 6) is 1.45. The molecule has 0 amide bonds. The lowest BCUT2D eigenvalue weighted by Gasteiger charge is -2.37. The molecular formula is C33H33BrN2O7. The quantitative estimate of drug-likeness (QED) is 0.222. The Balaban J connectivity index is 1.55. The molecule has 0 aliphatic carbocycles. The molecule has 5 rings (SSSR count). The Labute approximate surface area is 257 Å². The molecule has 224 valence electrons. The Morgan fingerprint density at radius 1 is 0.907 bits per heavy atom. The number of hydrogen-bond acceptors (Lipinski definition) is 7. The second kappa shape index (κ2) is 13.6. The average Bonchev–Trinajstić information content (AvgIpc) is 3.46. The van der Waals surface area contributed by atoms with Crippen LogP contribution in [0.1, 0.15) is 34.9 Å². The lowest BCUT2D eigenvalue weighted by atomic mass is 9.80. The van der Waals surface area contributed by atoms with Gasteiger partial charge in [0.1, 0.15) is 29.4 Å². The second-order valence-electron chi connectivity index (χ2n) is 10.00. The number of nitrogens with one attached hydrogen (secondary N) is 1. The fourth-order valence-electron chi connectivity index (χ4n) is 5.45. The Morgan fingerprint density at radius 2 is 1.49 bits per heavy atom. The van der Waals surface area contributed by atoms with Crippen LogP contribution in [-0.4, -0.2) is 49.7 Å². The maximum atomic E-state index is 12.8. The summed E-state index contributed by atoms with van der Waals surface area (Å²) < 4.78 is 31.5. The highest BCUT2D eigenvalue weighted by Gasteiger charge is 2.42. The molecule has 0 saturated carbocycles. The van der Waals surface area contributed by atoms with Gasteiger partial charge in [-0.25, -0.2) is 4.79 Å². The van der Waals surface area contributed by atoms with Gasteiger partial charge in [0, 0.05) is 19.7 Å². The molecule has 1 aromatic heterocycles. The van der Waals surface area contributed by atoms with E-state index < -0.39 is 29.2 Å². The highest BCUT2D eigenvalue weighted by atomic mass is 79.9. The normalized spacial score (nSPS) is 18.7. The Hall–Kier alpha value is -3.96. The third-order valence-electron chi connectivity index (χ3n) is 7.67. The van der Waals surface area contributed by atoms with E-state index in [0.29, 0.717) is 12.0 Å².